The fourth-order valence-electron chi connectivity index (χ4n) is 1.63. The summed E-state index contributed by atoms with van der Waals surface area (Å²) in [5, 5.41) is 21.2. The van der Waals surface area contributed by atoms with Crippen LogP contribution < -0.4 is 10.2 Å². The summed E-state index contributed by atoms with van der Waals surface area (Å²) in [4.78, 5) is 34.4. The molecule has 0 unspecified atom stereocenters. The Balaban J connectivity index is 2.22. The zero-order valence-corrected chi connectivity index (χ0v) is 12.0. The number of hydrogen-bond donors (Lipinski definition) is 0. The van der Waals surface area contributed by atoms with Gasteiger partial charge >= 0.3 is 0 Å². The van der Waals surface area contributed by atoms with Crippen LogP contribution in [-0.4, -0.2) is 33.6 Å². The van der Waals surface area contributed by atoms with E-state index < -0.39 is 24.4 Å². The van der Waals surface area contributed by atoms with Crippen LogP contribution in [0.3, 0.4) is 0 Å². The summed E-state index contributed by atoms with van der Waals surface area (Å²) in [6.07, 6.45) is 1.51. The van der Waals surface area contributed by atoms with Crippen LogP contribution in [0.4, 0.5) is 0 Å². The maximum absolute atomic E-state index is 12.0. The topological polar surface area (TPSA) is 101 Å². The van der Waals surface area contributed by atoms with Gasteiger partial charge in [0, 0.05) is 0 Å². The standard InChI is InChI=1S/C13H9NO5S2/c15-10(16)6-14-11(17)9(21-13(14)20)5-7-1-3-8(4-2-7)12(18)19/h1-5H,6H2,(H,15,16)(H,18,19)/p-2/b9-5-. The highest BCUT2D eigenvalue weighted by atomic mass is 32.2. The van der Waals surface area contributed by atoms with Crippen LogP contribution in [-0.2, 0) is 9.59 Å². The van der Waals surface area contributed by atoms with E-state index in [9.17, 15) is 24.6 Å². The highest BCUT2D eigenvalue weighted by molar-refractivity contribution is 8.26. The van der Waals surface area contributed by atoms with Crippen molar-refractivity contribution in [1.82, 2.24) is 4.90 Å². The van der Waals surface area contributed by atoms with Crippen molar-refractivity contribution in [2.75, 3.05) is 6.54 Å². The Morgan fingerprint density at radius 2 is 1.86 bits per heavy atom. The number of aromatic carboxylic acids is 1. The number of carbonyl (C=O) groups is 3. The van der Waals surface area contributed by atoms with Crippen molar-refractivity contribution in [1.29, 1.82) is 0 Å². The van der Waals surface area contributed by atoms with Crippen LogP contribution in [0.25, 0.3) is 6.08 Å². The third kappa shape index (κ3) is 3.47. The largest absolute Gasteiger partial charge is 0.548 e. The Labute approximate surface area is 129 Å². The molecule has 1 aromatic carbocycles. The molecule has 0 N–H and O–H groups in total. The molecule has 0 aromatic heterocycles. The van der Waals surface area contributed by atoms with Crippen molar-refractivity contribution in [3.05, 3.63) is 40.3 Å². The molecule has 1 amide bonds. The van der Waals surface area contributed by atoms with Gasteiger partial charge in [-0.2, -0.15) is 0 Å². The first kappa shape index (κ1) is 15.2. The van der Waals surface area contributed by atoms with E-state index in [1.54, 1.807) is 0 Å². The van der Waals surface area contributed by atoms with Crippen molar-refractivity contribution in [3.8, 4) is 0 Å². The second kappa shape index (κ2) is 6.06. The van der Waals surface area contributed by atoms with E-state index in [2.05, 4.69) is 0 Å². The minimum Gasteiger partial charge on any atom is -0.548 e. The summed E-state index contributed by atoms with van der Waals surface area (Å²) < 4.78 is 0.141. The summed E-state index contributed by atoms with van der Waals surface area (Å²) in [6, 6.07) is 5.72. The van der Waals surface area contributed by atoms with Crippen LogP contribution in [0, 0.1) is 0 Å². The number of amides is 1. The second-order valence-corrected chi connectivity index (χ2v) is 5.73. The Bertz CT molecular complexity index is 666. The number of aliphatic carboxylic acids is 1. The molecule has 0 aliphatic carbocycles. The molecule has 21 heavy (non-hydrogen) atoms. The first-order valence-electron chi connectivity index (χ1n) is 5.65. The zero-order valence-electron chi connectivity index (χ0n) is 10.4. The lowest BCUT2D eigenvalue weighted by Crippen LogP contribution is -2.40. The van der Waals surface area contributed by atoms with Gasteiger partial charge in [0.15, 0.2) is 0 Å². The van der Waals surface area contributed by atoms with E-state index in [1.165, 1.54) is 30.3 Å². The number of thioether (sulfide) groups is 1. The number of carboxylic acid groups (broad SMARTS) is 2. The van der Waals surface area contributed by atoms with Crippen molar-refractivity contribution in [2.45, 2.75) is 0 Å². The average molecular weight is 321 g/mol. The fraction of sp³-hybridized carbons (Fsp3) is 0.0769. The van der Waals surface area contributed by atoms with Crippen molar-refractivity contribution < 1.29 is 24.6 Å². The third-order valence-corrected chi connectivity index (χ3v) is 3.98. The molecule has 2 rings (SSSR count). The first-order chi connectivity index (χ1) is 9.88. The first-order valence-corrected chi connectivity index (χ1v) is 6.87. The molecule has 1 aromatic rings. The zero-order chi connectivity index (χ0) is 15.6. The van der Waals surface area contributed by atoms with E-state index in [1.807, 2.05) is 0 Å². The van der Waals surface area contributed by atoms with Gasteiger partial charge in [0.25, 0.3) is 5.91 Å². The van der Waals surface area contributed by atoms with Gasteiger partial charge in [-0.3, -0.25) is 9.69 Å². The molecule has 1 fully saturated rings. The number of benzene rings is 1. The third-order valence-electron chi connectivity index (χ3n) is 2.60. The van der Waals surface area contributed by atoms with E-state index >= 15 is 0 Å². The van der Waals surface area contributed by atoms with Gasteiger partial charge < -0.3 is 19.8 Å². The number of rotatable bonds is 4. The van der Waals surface area contributed by atoms with Crippen LogP contribution in [0.1, 0.15) is 15.9 Å². The fourth-order valence-corrected chi connectivity index (χ4v) is 2.89. The Hall–Kier alpha value is -2.19. The molecule has 6 nitrogen and oxygen atoms in total. The lowest BCUT2D eigenvalue weighted by molar-refractivity contribution is -0.305. The molecule has 0 bridgehead atoms. The van der Waals surface area contributed by atoms with Crippen molar-refractivity contribution in [3.63, 3.8) is 0 Å². The summed E-state index contributed by atoms with van der Waals surface area (Å²) in [5.41, 5.74) is 0.616. The molecule has 0 radical (unpaired) electrons. The molecular weight excluding hydrogens is 314 g/mol. The van der Waals surface area contributed by atoms with Gasteiger partial charge in [-0.05, 0) is 17.2 Å². The predicted octanol–water partition coefficient (Wildman–Crippen LogP) is -0.999. The lowest BCUT2D eigenvalue weighted by Gasteiger charge is -2.14. The van der Waals surface area contributed by atoms with E-state index in [0.717, 1.165) is 16.7 Å². The monoisotopic (exact) mass is 321 g/mol. The summed E-state index contributed by atoms with van der Waals surface area (Å²) in [7, 11) is 0. The molecule has 1 aliphatic heterocycles. The number of nitrogens with zero attached hydrogens (tertiary/aromatic N) is 1. The van der Waals surface area contributed by atoms with Gasteiger partial charge in [-0.1, -0.05) is 48.2 Å². The highest BCUT2D eigenvalue weighted by Crippen LogP contribution is 2.32. The molecule has 1 heterocycles. The normalized spacial score (nSPS) is 16.6. The van der Waals surface area contributed by atoms with Gasteiger partial charge in [-0.25, -0.2) is 0 Å². The highest BCUT2D eigenvalue weighted by Gasteiger charge is 2.31. The minimum absolute atomic E-state index is 0.0247. The maximum Gasteiger partial charge on any atom is 0.266 e. The Kier molecular flexibility index (Phi) is 4.39. The molecular formula is C13H7NO5S2-2. The van der Waals surface area contributed by atoms with Crippen molar-refractivity contribution in [2.24, 2.45) is 0 Å². The summed E-state index contributed by atoms with van der Waals surface area (Å²) in [5.74, 6) is -3.20. The SMILES string of the molecule is O=C([O-])CN1C(=O)/C(=C/c2ccc(C(=O)[O-])cc2)SC1=S. The van der Waals surface area contributed by atoms with Gasteiger partial charge in [-0.15, -0.1) is 0 Å². The maximum atomic E-state index is 12.0. The van der Waals surface area contributed by atoms with E-state index in [0.29, 0.717) is 5.56 Å². The summed E-state index contributed by atoms with van der Waals surface area (Å²) in [6.45, 7) is -0.592. The molecule has 8 heteroatoms. The second-order valence-electron chi connectivity index (χ2n) is 4.05. The Morgan fingerprint density at radius 1 is 1.24 bits per heavy atom. The number of hydrogen-bond acceptors (Lipinski definition) is 7. The van der Waals surface area contributed by atoms with E-state index in [-0.39, 0.29) is 14.8 Å². The number of carboxylic acids is 2. The van der Waals surface area contributed by atoms with Crippen LogP contribution in [0.5, 0.6) is 0 Å². The predicted molar refractivity (Wildman–Crippen MR) is 75.7 cm³/mol. The Morgan fingerprint density at radius 3 is 2.38 bits per heavy atom. The van der Waals surface area contributed by atoms with Crippen LogP contribution >= 0.6 is 24.0 Å². The summed E-state index contributed by atoms with van der Waals surface area (Å²) >= 11 is 5.91. The average Bonchev–Trinajstić information content (AvgIpc) is 2.67. The van der Waals surface area contributed by atoms with E-state index in [4.69, 9.17) is 12.2 Å². The van der Waals surface area contributed by atoms with Gasteiger partial charge in [0.1, 0.15) is 4.32 Å². The molecule has 0 spiro atoms. The van der Waals surface area contributed by atoms with Crippen LogP contribution in [0.15, 0.2) is 29.2 Å². The molecule has 1 aliphatic rings. The van der Waals surface area contributed by atoms with Gasteiger partial charge in [0.05, 0.1) is 23.4 Å². The molecule has 0 saturated carbocycles. The minimum atomic E-state index is -1.40. The number of carbonyl (C=O) groups excluding carboxylic acids is 3. The smallest absolute Gasteiger partial charge is 0.266 e. The number of thiocarbonyl (C=S) groups is 1. The molecule has 1 saturated heterocycles. The quantitative estimate of drug-likeness (QED) is 0.518. The lowest BCUT2D eigenvalue weighted by atomic mass is 10.1. The molecule has 0 atom stereocenters. The molecule has 108 valence electrons. The van der Waals surface area contributed by atoms with Gasteiger partial charge in [0.2, 0.25) is 0 Å². The van der Waals surface area contributed by atoms with Crippen LogP contribution in [0.2, 0.25) is 0 Å². The van der Waals surface area contributed by atoms with Crippen molar-refractivity contribution >= 4 is 52.2 Å².